The predicted molar refractivity (Wildman–Crippen MR) is 147 cm³/mol. The van der Waals surface area contributed by atoms with Crippen molar-refractivity contribution in [2.24, 2.45) is 0 Å². The van der Waals surface area contributed by atoms with Gasteiger partial charge >= 0.3 is 6.01 Å². The van der Waals surface area contributed by atoms with E-state index >= 15 is 0 Å². The summed E-state index contributed by atoms with van der Waals surface area (Å²) in [6.45, 7) is 4.48. The van der Waals surface area contributed by atoms with Crippen molar-refractivity contribution < 1.29 is 9.84 Å². The smallest absolute Gasteiger partial charge is 0.320 e. The van der Waals surface area contributed by atoms with Crippen molar-refractivity contribution in [3.63, 3.8) is 0 Å². The third-order valence-electron chi connectivity index (χ3n) is 7.67. The van der Waals surface area contributed by atoms with Gasteiger partial charge in [-0.15, -0.1) is 0 Å². The van der Waals surface area contributed by atoms with Crippen molar-refractivity contribution in [3.05, 3.63) is 48.5 Å². The van der Waals surface area contributed by atoms with Gasteiger partial charge in [0.15, 0.2) is 5.65 Å². The molecule has 3 fully saturated rings. The van der Waals surface area contributed by atoms with Crippen molar-refractivity contribution in [3.8, 4) is 23.0 Å². The minimum atomic E-state index is 0.216. The highest BCUT2D eigenvalue weighted by Gasteiger charge is 2.33. The van der Waals surface area contributed by atoms with Crippen LogP contribution in [-0.4, -0.2) is 77.4 Å². The van der Waals surface area contributed by atoms with E-state index in [0.29, 0.717) is 23.7 Å². The van der Waals surface area contributed by atoms with Gasteiger partial charge in [-0.3, -0.25) is 0 Å². The molecule has 5 heterocycles. The Morgan fingerprint density at radius 1 is 0.919 bits per heavy atom. The van der Waals surface area contributed by atoms with Crippen LogP contribution in [0, 0.1) is 0 Å². The molecule has 2 atom stereocenters. The van der Waals surface area contributed by atoms with Crippen molar-refractivity contribution in [2.75, 3.05) is 45.2 Å². The van der Waals surface area contributed by atoms with Crippen LogP contribution in [0.25, 0.3) is 33.1 Å². The minimum Gasteiger partial charge on any atom is -0.508 e. The summed E-state index contributed by atoms with van der Waals surface area (Å²) in [6, 6.07) is 16.8. The lowest BCUT2D eigenvalue weighted by atomic mass is 10.0. The zero-order valence-corrected chi connectivity index (χ0v) is 21.5. The van der Waals surface area contributed by atoms with Crippen molar-refractivity contribution in [1.82, 2.24) is 25.2 Å². The molecule has 0 amide bonds. The van der Waals surface area contributed by atoms with Crippen molar-refractivity contribution >= 4 is 27.6 Å². The molecule has 0 aliphatic carbocycles. The molecule has 0 saturated carbocycles. The van der Waals surface area contributed by atoms with E-state index in [4.69, 9.17) is 14.7 Å². The lowest BCUT2D eigenvalue weighted by Gasteiger charge is -2.34. The third-order valence-corrected chi connectivity index (χ3v) is 7.67. The molecule has 192 valence electrons. The lowest BCUT2D eigenvalue weighted by Crippen LogP contribution is -2.51. The highest BCUT2D eigenvalue weighted by Crippen LogP contribution is 2.35. The maximum Gasteiger partial charge on any atom is 0.320 e. The van der Waals surface area contributed by atoms with E-state index in [1.165, 1.54) is 38.8 Å². The van der Waals surface area contributed by atoms with Gasteiger partial charge in [0, 0.05) is 30.7 Å². The van der Waals surface area contributed by atoms with Crippen LogP contribution in [0.2, 0.25) is 0 Å². The SMILES string of the molecule is CN1CCCC1.COc1nc(N2CC3CCC(C2)N3)c2ccc(-c3cc(O)cc4ccccc34)nc2n1. The zero-order chi connectivity index (χ0) is 25.4. The molecule has 4 aromatic rings. The number of nitrogens with one attached hydrogen (secondary N) is 1. The Kier molecular flexibility index (Phi) is 6.52. The second-order valence-corrected chi connectivity index (χ2v) is 10.4. The molecule has 2 aromatic carbocycles. The van der Waals surface area contributed by atoms with Crippen LogP contribution >= 0.6 is 0 Å². The number of aromatic nitrogens is 3. The fourth-order valence-electron chi connectivity index (χ4n) is 5.81. The maximum absolute atomic E-state index is 10.3. The number of hydrogen-bond donors (Lipinski definition) is 2. The number of hydrogen-bond acceptors (Lipinski definition) is 8. The third kappa shape index (κ3) is 4.91. The van der Waals surface area contributed by atoms with Crippen molar-refractivity contribution in [1.29, 1.82) is 0 Å². The topological polar surface area (TPSA) is 86.6 Å². The number of benzene rings is 2. The monoisotopic (exact) mass is 498 g/mol. The number of likely N-dealkylation sites (tertiary alicyclic amines) is 1. The van der Waals surface area contributed by atoms with Crippen LogP contribution in [0.4, 0.5) is 5.82 Å². The second kappa shape index (κ2) is 10.1. The molecule has 2 bridgehead atoms. The molecule has 3 aliphatic rings. The Hall–Kier alpha value is -3.49. The normalized spacial score (nSPS) is 21.3. The molecule has 8 nitrogen and oxygen atoms in total. The highest BCUT2D eigenvalue weighted by molar-refractivity contribution is 5.98. The average Bonchev–Trinajstić information content (AvgIpc) is 3.54. The number of piperazine rings is 1. The van der Waals surface area contributed by atoms with Crippen LogP contribution in [0.5, 0.6) is 11.8 Å². The van der Waals surface area contributed by atoms with Crippen LogP contribution in [0.1, 0.15) is 25.7 Å². The quantitative estimate of drug-likeness (QED) is 0.434. The predicted octanol–water partition coefficient (Wildman–Crippen LogP) is 4.21. The number of rotatable bonds is 3. The fraction of sp³-hybridized carbons (Fsp3) is 0.414. The first kappa shape index (κ1) is 23.9. The zero-order valence-electron chi connectivity index (χ0n) is 21.5. The Balaban J connectivity index is 0.000000372. The average molecular weight is 499 g/mol. The van der Waals surface area contributed by atoms with Gasteiger partial charge in [0.1, 0.15) is 11.6 Å². The molecule has 0 spiro atoms. The number of nitrogens with zero attached hydrogens (tertiary/aromatic N) is 5. The van der Waals surface area contributed by atoms with E-state index in [-0.39, 0.29) is 5.75 Å². The van der Waals surface area contributed by atoms with Crippen LogP contribution < -0.4 is 15.0 Å². The number of methoxy groups -OCH3 is 1. The first-order valence-corrected chi connectivity index (χ1v) is 13.2. The number of phenolic OH excluding ortho intramolecular Hbond substituents is 1. The summed E-state index contributed by atoms with van der Waals surface area (Å²) in [6.07, 6.45) is 5.23. The summed E-state index contributed by atoms with van der Waals surface area (Å²) in [5.74, 6) is 1.09. The standard InChI is InChI=1S/C24H23N5O2.C5H11N/c1-31-24-27-22-19(23(28-24)29-12-15-6-7-16(13-29)25-15)8-9-21(26-22)20-11-17(30)10-14-4-2-3-5-18(14)20;1-6-4-2-3-5-6/h2-5,8-11,15-16,25,30H,6-7,12-13H2,1H3;2-5H2,1H3. The first-order chi connectivity index (χ1) is 18.1. The largest absolute Gasteiger partial charge is 0.508 e. The summed E-state index contributed by atoms with van der Waals surface area (Å²) in [7, 11) is 3.76. The highest BCUT2D eigenvalue weighted by atomic mass is 16.5. The Morgan fingerprint density at radius 2 is 1.68 bits per heavy atom. The number of aromatic hydroxyl groups is 1. The lowest BCUT2D eigenvalue weighted by molar-refractivity contribution is 0.380. The molecule has 2 unspecified atom stereocenters. The Bertz CT molecular complexity index is 1410. The molecule has 8 heteroatoms. The summed E-state index contributed by atoms with van der Waals surface area (Å²) >= 11 is 0. The Labute approximate surface area is 217 Å². The van der Waals surface area contributed by atoms with Gasteiger partial charge in [0.2, 0.25) is 0 Å². The van der Waals surface area contributed by atoms with E-state index in [1.54, 1.807) is 19.2 Å². The number of ether oxygens (including phenoxy) is 1. The van der Waals surface area contributed by atoms with Gasteiger partial charge in [0.05, 0.1) is 18.2 Å². The second-order valence-electron chi connectivity index (χ2n) is 10.4. The van der Waals surface area contributed by atoms with E-state index in [0.717, 1.165) is 46.3 Å². The Morgan fingerprint density at radius 3 is 2.38 bits per heavy atom. The number of anilines is 1. The van der Waals surface area contributed by atoms with Crippen LogP contribution in [0.3, 0.4) is 0 Å². The maximum atomic E-state index is 10.3. The summed E-state index contributed by atoms with van der Waals surface area (Å²) in [5.41, 5.74) is 2.22. The van der Waals surface area contributed by atoms with E-state index in [9.17, 15) is 5.11 Å². The molecule has 2 N–H and O–H groups in total. The van der Waals surface area contributed by atoms with E-state index < -0.39 is 0 Å². The van der Waals surface area contributed by atoms with Gasteiger partial charge in [-0.05, 0) is 80.9 Å². The first-order valence-electron chi connectivity index (χ1n) is 13.2. The number of pyridine rings is 1. The summed E-state index contributed by atoms with van der Waals surface area (Å²) in [5, 5.41) is 16.8. The molecule has 37 heavy (non-hydrogen) atoms. The molecular weight excluding hydrogens is 464 g/mol. The number of phenols is 1. The molecular formula is C29H34N6O2. The van der Waals surface area contributed by atoms with Crippen LogP contribution in [-0.2, 0) is 0 Å². The van der Waals surface area contributed by atoms with Gasteiger partial charge in [-0.25, -0.2) is 4.98 Å². The summed E-state index contributed by atoms with van der Waals surface area (Å²) in [4.78, 5) is 18.8. The molecule has 3 aliphatic heterocycles. The van der Waals surface area contributed by atoms with E-state index in [2.05, 4.69) is 27.1 Å². The van der Waals surface area contributed by atoms with Gasteiger partial charge in [-0.1, -0.05) is 24.3 Å². The molecule has 2 aromatic heterocycles. The van der Waals surface area contributed by atoms with Crippen molar-refractivity contribution in [2.45, 2.75) is 37.8 Å². The number of fused-ring (bicyclic) bond motifs is 4. The minimum absolute atomic E-state index is 0.216. The molecule has 7 rings (SSSR count). The van der Waals surface area contributed by atoms with E-state index in [1.807, 2.05) is 36.4 Å². The summed E-state index contributed by atoms with van der Waals surface area (Å²) < 4.78 is 5.41. The fourth-order valence-corrected chi connectivity index (χ4v) is 5.81. The van der Waals surface area contributed by atoms with Gasteiger partial charge in [0.25, 0.3) is 0 Å². The van der Waals surface area contributed by atoms with Gasteiger partial charge in [-0.2, -0.15) is 9.97 Å². The van der Waals surface area contributed by atoms with Crippen LogP contribution in [0.15, 0.2) is 48.5 Å². The molecule has 3 saturated heterocycles. The molecule has 0 radical (unpaired) electrons. The van der Waals surface area contributed by atoms with Gasteiger partial charge < -0.3 is 25.0 Å².